The maximum Gasteiger partial charge on any atom is 0.272 e. The molecule has 4 aromatic carbocycles. The molecule has 62 heavy (non-hydrogen) atoms. The number of ether oxygens (including phenoxy) is 1. The van der Waals surface area contributed by atoms with Crippen LogP contribution in [0.15, 0.2) is 65.1 Å². The smallest absolute Gasteiger partial charge is 0.272 e. The number of carbonyl (C=O) groups is 2. The van der Waals surface area contributed by atoms with E-state index in [1.165, 1.54) is 44.9 Å². The zero-order valence-electron chi connectivity index (χ0n) is 33.5. The Bertz CT molecular complexity index is 2470. The lowest BCUT2D eigenvalue weighted by Crippen LogP contribution is -2.52. The lowest BCUT2D eigenvalue weighted by atomic mass is 10.1. The van der Waals surface area contributed by atoms with Crippen LogP contribution >= 0.6 is 23.2 Å². The molecule has 2 amide bonds. The Labute approximate surface area is 363 Å². The minimum atomic E-state index is -1.21. The second-order valence-electron chi connectivity index (χ2n) is 13.6. The molecule has 1 fully saturated rings. The van der Waals surface area contributed by atoms with Crippen molar-refractivity contribution in [3.8, 4) is 23.6 Å². The van der Waals surface area contributed by atoms with Crippen molar-refractivity contribution in [1.82, 2.24) is 21.0 Å². The van der Waals surface area contributed by atoms with Crippen LogP contribution < -0.4 is 21.5 Å². The summed E-state index contributed by atoms with van der Waals surface area (Å²) in [5.74, 6) is -5.47. The van der Waals surface area contributed by atoms with E-state index in [0.717, 1.165) is 31.4 Å². The fourth-order valence-corrected chi connectivity index (χ4v) is 5.98. The summed E-state index contributed by atoms with van der Waals surface area (Å²) in [6.07, 6.45) is 0.406. The molecule has 326 valence electrons. The molecule has 2 heterocycles. The average Bonchev–Trinajstić information content (AvgIpc) is 3.98. The molecule has 6 N–H and O–H groups in total. The van der Waals surface area contributed by atoms with Crippen LogP contribution in [0.4, 0.5) is 28.9 Å². The normalized spacial score (nSPS) is 13.6. The van der Waals surface area contributed by atoms with Gasteiger partial charge in [0.1, 0.15) is 47.5 Å². The van der Waals surface area contributed by atoms with Crippen molar-refractivity contribution in [1.29, 1.82) is 10.5 Å². The number of carbonyl (C=O) groups excluding carboxylic acids is 2. The van der Waals surface area contributed by atoms with Crippen LogP contribution in [0.3, 0.4) is 0 Å². The van der Waals surface area contributed by atoms with Gasteiger partial charge >= 0.3 is 0 Å². The number of benzene rings is 4. The van der Waals surface area contributed by atoms with Gasteiger partial charge < -0.3 is 30.0 Å². The van der Waals surface area contributed by atoms with Gasteiger partial charge in [0, 0.05) is 36.7 Å². The van der Waals surface area contributed by atoms with Gasteiger partial charge in [-0.15, -0.1) is 10.2 Å². The van der Waals surface area contributed by atoms with Crippen molar-refractivity contribution in [3.63, 3.8) is 0 Å². The molecular weight excluding hydrogens is 859 g/mol. The zero-order valence-corrected chi connectivity index (χ0v) is 35.0. The van der Waals surface area contributed by atoms with Gasteiger partial charge in [0.25, 0.3) is 17.7 Å². The first-order valence-corrected chi connectivity index (χ1v) is 19.4. The third-order valence-electron chi connectivity index (χ3n) is 9.05. The van der Waals surface area contributed by atoms with Crippen LogP contribution in [-0.2, 0) is 9.53 Å². The first kappa shape index (κ1) is 48.4. The molecule has 6 rings (SSSR count). The van der Waals surface area contributed by atoms with E-state index in [1.807, 2.05) is 17.6 Å². The highest BCUT2D eigenvalue weighted by atomic mass is 35.5. The van der Waals surface area contributed by atoms with Gasteiger partial charge in [-0.2, -0.15) is 10.5 Å². The number of aromatic nitrogens is 2. The van der Waals surface area contributed by atoms with Crippen LogP contribution in [0, 0.1) is 59.8 Å². The van der Waals surface area contributed by atoms with E-state index in [2.05, 4.69) is 26.3 Å². The maximum atomic E-state index is 13.9. The van der Waals surface area contributed by atoms with Crippen molar-refractivity contribution in [2.45, 2.75) is 64.8 Å². The molecular formula is C42H40Cl2F4N8O6. The van der Waals surface area contributed by atoms with E-state index < -0.39 is 64.9 Å². The molecule has 0 aliphatic carbocycles. The van der Waals surface area contributed by atoms with Gasteiger partial charge in [-0.1, -0.05) is 23.2 Å². The number of aliphatic hydroxyl groups excluding tert-OH is 2. The molecule has 4 atom stereocenters. The summed E-state index contributed by atoms with van der Waals surface area (Å²) in [6.45, 7) is 8.21. The van der Waals surface area contributed by atoms with Crippen LogP contribution in [0.1, 0.15) is 71.2 Å². The van der Waals surface area contributed by atoms with Crippen LogP contribution in [0.25, 0.3) is 11.5 Å². The summed E-state index contributed by atoms with van der Waals surface area (Å²) in [5.41, 5.74) is 6.18. The monoisotopic (exact) mass is 898 g/mol. The highest BCUT2D eigenvalue weighted by Crippen LogP contribution is 2.32. The number of hydrazine groups is 1. The van der Waals surface area contributed by atoms with E-state index in [-0.39, 0.29) is 33.0 Å². The fourth-order valence-electron chi connectivity index (χ4n) is 5.56. The van der Waals surface area contributed by atoms with E-state index in [0.29, 0.717) is 40.2 Å². The number of amides is 2. The van der Waals surface area contributed by atoms with Gasteiger partial charge in [-0.3, -0.25) is 20.4 Å². The van der Waals surface area contributed by atoms with Gasteiger partial charge in [0.05, 0.1) is 44.5 Å². The molecule has 1 saturated heterocycles. The van der Waals surface area contributed by atoms with Crippen molar-refractivity contribution in [2.75, 3.05) is 23.8 Å². The van der Waals surface area contributed by atoms with E-state index in [1.54, 1.807) is 26.0 Å². The lowest BCUT2D eigenvalue weighted by Gasteiger charge is -2.23. The Kier molecular flexibility index (Phi) is 17.6. The number of halogens is 6. The molecule has 1 aliphatic rings. The maximum absolute atomic E-state index is 13.9. The van der Waals surface area contributed by atoms with Crippen molar-refractivity contribution in [2.24, 2.45) is 0 Å². The fraction of sp³-hybridized carbons (Fsp3) is 0.286. The van der Waals surface area contributed by atoms with Crippen molar-refractivity contribution in [3.05, 3.63) is 128 Å². The number of nitrogens with one attached hydrogen (secondary N) is 4. The Balaban J connectivity index is 0.000000244. The largest absolute Gasteiger partial charge is 0.418 e. The highest BCUT2D eigenvalue weighted by Gasteiger charge is 2.27. The molecule has 1 aromatic heterocycles. The van der Waals surface area contributed by atoms with Gasteiger partial charge in [0.15, 0.2) is 0 Å². The third-order valence-corrected chi connectivity index (χ3v) is 10.0. The molecule has 0 unspecified atom stereocenters. The predicted molar refractivity (Wildman–Crippen MR) is 221 cm³/mol. The van der Waals surface area contributed by atoms with Gasteiger partial charge in [-0.05, 0) is 100 Å². The number of anilines is 2. The molecule has 1 aliphatic heterocycles. The Morgan fingerprint density at radius 2 is 1.31 bits per heavy atom. The number of aliphatic hydroxyl groups is 2. The summed E-state index contributed by atoms with van der Waals surface area (Å²) in [7, 11) is 0. The predicted octanol–water partition coefficient (Wildman–Crippen LogP) is 7.60. The second-order valence-corrected chi connectivity index (χ2v) is 14.4. The Morgan fingerprint density at radius 1 is 0.758 bits per heavy atom. The average molecular weight is 900 g/mol. The summed E-state index contributed by atoms with van der Waals surface area (Å²) in [6, 6.07) is 13.4. The quantitative estimate of drug-likeness (QED) is 0.0590. The third kappa shape index (κ3) is 12.6. The minimum Gasteiger partial charge on any atom is -0.418 e. The molecule has 14 nitrogen and oxygen atoms in total. The van der Waals surface area contributed by atoms with E-state index in [9.17, 15) is 37.4 Å². The SMILES string of the molecule is C1CCOC1.Cc1c(N[C@@H](C(=O)NNC(=O)c2ccc(F)cc2F)[C@@H](C)O)ccc(C#N)c1Cl.Cc1c(N[C@@H](c2nnc(-c3ccc(F)cc3F)o2)[C@@H](C)O)ccc(C#N)c1Cl. The lowest BCUT2D eigenvalue weighted by molar-refractivity contribution is -0.124. The summed E-state index contributed by atoms with van der Waals surface area (Å²) in [4.78, 5) is 24.4. The topological polar surface area (TPSA) is 218 Å². The van der Waals surface area contributed by atoms with Crippen molar-refractivity contribution < 1.29 is 46.5 Å². The highest BCUT2D eigenvalue weighted by molar-refractivity contribution is 6.33. The summed E-state index contributed by atoms with van der Waals surface area (Å²) < 4.78 is 64.1. The van der Waals surface area contributed by atoms with Gasteiger partial charge in [0.2, 0.25) is 5.89 Å². The molecule has 0 spiro atoms. The first-order valence-electron chi connectivity index (χ1n) is 18.7. The molecule has 0 saturated carbocycles. The molecule has 0 bridgehead atoms. The standard InChI is InChI=1S/C19H17ClF2N4O3.C19H15ClF2N4O2.C4H8O/c1-9-15(6-3-11(8-23)16(9)20)24-17(10(2)27)19(29)26-25-18(28)13-5-4-12(21)7-14(13)22;1-9-15(6-3-11(8-23)16(9)20)24-17(10(2)27)19-26-25-18(28-19)13-5-4-12(21)7-14(13)22;1-2-4-5-3-1/h3-7,10,17,24,27H,1-2H3,(H,25,28)(H,26,29);3-7,10,17,24,27H,1-2H3;1-4H2/t2*10-,17-;/m11./s1. The Morgan fingerprint density at radius 3 is 1.79 bits per heavy atom. The molecule has 20 heteroatoms. The summed E-state index contributed by atoms with van der Waals surface area (Å²) in [5, 5.41) is 52.1. The minimum absolute atomic E-state index is 0.00797. The number of nitriles is 2. The first-order chi connectivity index (χ1) is 29.5. The van der Waals surface area contributed by atoms with Crippen molar-refractivity contribution >= 4 is 46.4 Å². The number of hydrogen-bond donors (Lipinski definition) is 6. The van der Waals surface area contributed by atoms with Gasteiger partial charge in [-0.25, -0.2) is 17.6 Å². The van der Waals surface area contributed by atoms with E-state index in [4.69, 9.17) is 42.9 Å². The van der Waals surface area contributed by atoms with Crippen LogP contribution in [0.2, 0.25) is 10.0 Å². The summed E-state index contributed by atoms with van der Waals surface area (Å²) >= 11 is 12.3. The number of hydrogen-bond acceptors (Lipinski definition) is 12. The van der Waals surface area contributed by atoms with E-state index >= 15 is 0 Å². The number of rotatable bonds is 10. The molecule has 0 radical (unpaired) electrons. The van der Waals surface area contributed by atoms with Crippen LogP contribution in [-0.4, -0.2) is 63.7 Å². The van der Waals surface area contributed by atoms with Crippen LogP contribution in [0.5, 0.6) is 0 Å². The Hall–Kier alpha value is -6.28. The number of nitrogens with zero attached hydrogens (tertiary/aromatic N) is 4. The molecule has 5 aromatic rings. The zero-order chi connectivity index (χ0) is 45.7. The second kappa shape index (κ2) is 22.5.